The first-order valence-corrected chi connectivity index (χ1v) is 6.70. The van der Waals surface area contributed by atoms with Gasteiger partial charge in [-0.2, -0.15) is 0 Å². The van der Waals surface area contributed by atoms with Gasteiger partial charge in [0.15, 0.2) is 5.54 Å². The fourth-order valence-electron chi connectivity index (χ4n) is 2.50. The van der Waals surface area contributed by atoms with Crippen molar-refractivity contribution in [1.29, 1.82) is 0 Å². The predicted molar refractivity (Wildman–Crippen MR) is 70.3 cm³/mol. The molecule has 0 unspecified atom stereocenters. The molecule has 8 heteroatoms. The number of aromatic nitrogens is 3. The highest BCUT2D eigenvalue weighted by Gasteiger charge is 2.56. The van der Waals surface area contributed by atoms with E-state index in [4.69, 9.17) is 4.84 Å². The van der Waals surface area contributed by atoms with Gasteiger partial charge in [0.1, 0.15) is 0 Å². The van der Waals surface area contributed by atoms with Gasteiger partial charge in [-0.3, -0.25) is 9.59 Å². The number of hydroxylamine groups is 2. The van der Waals surface area contributed by atoms with Crippen molar-refractivity contribution < 1.29 is 19.2 Å². The molecule has 1 aliphatic heterocycles. The summed E-state index contributed by atoms with van der Waals surface area (Å²) >= 11 is 0. The lowest BCUT2D eigenvalue weighted by atomic mass is 10.1. The molecule has 2 amide bonds. The third-order valence-electron chi connectivity index (χ3n) is 3.90. The van der Waals surface area contributed by atoms with Crippen LogP contribution in [-0.2, 0) is 15.2 Å². The SMILES string of the molecule is O=C1c2ccccc2C(=O)N1OC(=O)C1(n2ccnn2)CC1. The van der Waals surface area contributed by atoms with Crippen LogP contribution in [0.3, 0.4) is 0 Å². The van der Waals surface area contributed by atoms with Crippen molar-refractivity contribution >= 4 is 17.8 Å². The van der Waals surface area contributed by atoms with E-state index in [1.165, 1.54) is 23.0 Å². The number of hydrogen-bond acceptors (Lipinski definition) is 6. The first-order valence-electron chi connectivity index (χ1n) is 6.70. The molecule has 0 saturated heterocycles. The monoisotopic (exact) mass is 298 g/mol. The minimum atomic E-state index is -0.966. The molecule has 8 nitrogen and oxygen atoms in total. The molecule has 0 atom stereocenters. The van der Waals surface area contributed by atoms with Crippen LogP contribution in [-0.4, -0.2) is 37.8 Å². The summed E-state index contributed by atoms with van der Waals surface area (Å²) < 4.78 is 1.40. The van der Waals surface area contributed by atoms with Crippen LogP contribution in [0.5, 0.6) is 0 Å². The van der Waals surface area contributed by atoms with Gasteiger partial charge in [-0.15, -0.1) is 5.10 Å². The Kier molecular flexibility index (Phi) is 2.44. The van der Waals surface area contributed by atoms with Crippen LogP contribution in [0.25, 0.3) is 0 Å². The van der Waals surface area contributed by atoms with Crippen LogP contribution in [0.15, 0.2) is 36.7 Å². The number of amides is 2. The van der Waals surface area contributed by atoms with Gasteiger partial charge in [-0.25, -0.2) is 9.48 Å². The van der Waals surface area contributed by atoms with Crippen molar-refractivity contribution in [2.24, 2.45) is 0 Å². The zero-order valence-corrected chi connectivity index (χ0v) is 11.3. The van der Waals surface area contributed by atoms with E-state index in [9.17, 15) is 14.4 Å². The van der Waals surface area contributed by atoms with Crippen molar-refractivity contribution in [3.8, 4) is 0 Å². The quantitative estimate of drug-likeness (QED) is 0.767. The van der Waals surface area contributed by atoms with E-state index in [2.05, 4.69) is 10.3 Å². The highest BCUT2D eigenvalue weighted by Crippen LogP contribution is 2.44. The summed E-state index contributed by atoms with van der Waals surface area (Å²) in [7, 11) is 0. The maximum Gasteiger partial charge on any atom is 0.360 e. The van der Waals surface area contributed by atoms with Crippen LogP contribution in [0.2, 0.25) is 0 Å². The lowest BCUT2D eigenvalue weighted by molar-refractivity contribution is -0.175. The first kappa shape index (κ1) is 12.7. The highest BCUT2D eigenvalue weighted by atomic mass is 16.7. The average Bonchev–Trinajstić information content (AvgIpc) is 3.10. The van der Waals surface area contributed by atoms with Gasteiger partial charge in [0, 0.05) is 6.20 Å². The Morgan fingerprint density at radius 2 is 1.77 bits per heavy atom. The van der Waals surface area contributed by atoms with Crippen LogP contribution in [0, 0.1) is 0 Å². The average molecular weight is 298 g/mol. The number of carbonyl (C=O) groups excluding carboxylic acids is 3. The second kappa shape index (κ2) is 4.23. The molecule has 110 valence electrons. The summed E-state index contributed by atoms with van der Waals surface area (Å²) in [4.78, 5) is 41.8. The predicted octanol–water partition coefficient (Wildman–Crippen LogP) is 0.522. The molecule has 1 aromatic carbocycles. The number of imide groups is 1. The first-order chi connectivity index (χ1) is 10.6. The number of benzene rings is 1. The van der Waals surface area contributed by atoms with Crippen LogP contribution >= 0.6 is 0 Å². The minimum absolute atomic E-state index is 0.228. The Hall–Kier alpha value is -3.03. The van der Waals surface area contributed by atoms with Gasteiger partial charge in [-0.05, 0) is 25.0 Å². The van der Waals surface area contributed by atoms with E-state index in [1.807, 2.05) is 0 Å². The maximum atomic E-state index is 12.4. The Morgan fingerprint density at radius 1 is 1.14 bits per heavy atom. The smallest absolute Gasteiger partial charge is 0.327 e. The fourth-order valence-corrected chi connectivity index (χ4v) is 2.50. The molecule has 2 heterocycles. The minimum Gasteiger partial charge on any atom is -0.327 e. The summed E-state index contributed by atoms with van der Waals surface area (Å²) in [6.07, 6.45) is 4.06. The lowest BCUT2D eigenvalue weighted by Gasteiger charge is -2.18. The maximum absolute atomic E-state index is 12.4. The molecule has 4 rings (SSSR count). The van der Waals surface area contributed by atoms with Gasteiger partial charge in [0.25, 0.3) is 11.8 Å². The molecule has 0 bridgehead atoms. The van der Waals surface area contributed by atoms with Gasteiger partial charge >= 0.3 is 5.97 Å². The summed E-state index contributed by atoms with van der Waals surface area (Å²) in [6.45, 7) is 0. The Balaban J connectivity index is 1.60. The van der Waals surface area contributed by atoms with Crippen molar-refractivity contribution in [2.75, 3.05) is 0 Å². The second-order valence-corrected chi connectivity index (χ2v) is 5.21. The van der Waals surface area contributed by atoms with E-state index < -0.39 is 23.3 Å². The van der Waals surface area contributed by atoms with E-state index in [1.54, 1.807) is 18.3 Å². The van der Waals surface area contributed by atoms with Crippen molar-refractivity contribution in [2.45, 2.75) is 18.4 Å². The van der Waals surface area contributed by atoms with E-state index in [0.717, 1.165) is 0 Å². The fraction of sp³-hybridized carbons (Fsp3) is 0.214. The standard InChI is InChI=1S/C14H10N4O4/c19-11-9-3-1-2-4-10(9)12(20)18(11)22-13(21)14(5-6-14)17-8-7-15-16-17/h1-4,7-8H,5-6H2. The number of hydrogen-bond donors (Lipinski definition) is 0. The van der Waals surface area contributed by atoms with Gasteiger partial charge in [0.05, 0.1) is 17.3 Å². The van der Waals surface area contributed by atoms with Crippen molar-refractivity contribution in [3.63, 3.8) is 0 Å². The van der Waals surface area contributed by atoms with Crippen LogP contribution in [0.1, 0.15) is 33.6 Å². The molecule has 2 aromatic rings. The van der Waals surface area contributed by atoms with Gasteiger partial charge in [0.2, 0.25) is 0 Å². The molecule has 22 heavy (non-hydrogen) atoms. The lowest BCUT2D eigenvalue weighted by Crippen LogP contribution is -2.39. The Morgan fingerprint density at radius 3 is 2.27 bits per heavy atom. The molecule has 2 aliphatic rings. The summed E-state index contributed by atoms with van der Waals surface area (Å²) in [5.74, 6) is -1.96. The number of rotatable bonds is 3. The zero-order valence-electron chi connectivity index (χ0n) is 11.3. The largest absolute Gasteiger partial charge is 0.360 e. The second-order valence-electron chi connectivity index (χ2n) is 5.21. The Labute approximate surface area is 124 Å². The third kappa shape index (κ3) is 1.60. The molecule has 1 aromatic heterocycles. The molecule has 1 fully saturated rings. The summed E-state index contributed by atoms with van der Waals surface area (Å²) in [5, 5.41) is 7.98. The van der Waals surface area contributed by atoms with Crippen molar-refractivity contribution in [3.05, 3.63) is 47.8 Å². The molecular weight excluding hydrogens is 288 g/mol. The number of nitrogens with zero attached hydrogens (tertiary/aromatic N) is 4. The molecule has 1 saturated carbocycles. The van der Waals surface area contributed by atoms with Gasteiger partial charge < -0.3 is 4.84 Å². The number of fused-ring (bicyclic) bond motifs is 1. The van der Waals surface area contributed by atoms with E-state index >= 15 is 0 Å². The van der Waals surface area contributed by atoms with Crippen molar-refractivity contribution in [1.82, 2.24) is 20.1 Å². The number of carbonyl (C=O) groups is 3. The van der Waals surface area contributed by atoms with Crippen LogP contribution in [0.4, 0.5) is 0 Å². The molecule has 0 spiro atoms. The molecular formula is C14H10N4O4. The summed E-state index contributed by atoms with van der Waals surface area (Å²) in [6, 6.07) is 6.34. The van der Waals surface area contributed by atoms with Crippen LogP contribution < -0.4 is 0 Å². The molecule has 0 N–H and O–H groups in total. The Bertz CT molecular complexity index is 760. The van der Waals surface area contributed by atoms with E-state index in [0.29, 0.717) is 17.9 Å². The van der Waals surface area contributed by atoms with E-state index in [-0.39, 0.29) is 11.1 Å². The normalized spacial score (nSPS) is 18.3. The zero-order chi connectivity index (χ0) is 15.3. The third-order valence-corrected chi connectivity index (χ3v) is 3.90. The summed E-state index contributed by atoms with van der Waals surface area (Å²) in [5.41, 5.74) is -0.511. The molecule has 1 aliphatic carbocycles. The van der Waals surface area contributed by atoms with Gasteiger partial charge in [-0.1, -0.05) is 22.4 Å². The topological polar surface area (TPSA) is 94.4 Å². The highest BCUT2D eigenvalue weighted by molar-refractivity contribution is 6.21. The molecule has 0 radical (unpaired) electrons.